The van der Waals surface area contributed by atoms with Crippen LogP contribution in [0.1, 0.15) is 260 Å². The van der Waals surface area contributed by atoms with Crippen LogP contribution >= 0.6 is 0 Å². The standard InChI is InChI=1S/C37H58O2.C36H56O3/c1-34-30-37(31-34,26-18-8-4-2-6-10-20-28-38-32-35-22-14-12-15-23-35)27-19-9-5-3-7-11-21-29-39-33-36-24-16-13-17-25-36;37-35-29-36(30-35,25-17-7-3-1-5-9-19-27-38-31-33-21-13-11-14-22-33)26-18-8-4-2-6-10-20-28-39-32-34-23-15-12-16-24-34/h12-17,22-25,34H,2-11,18-21,26-33H2,1H3;11-16,21-24,35,37H,1-10,17-20,25-32H2. The fraction of sp³-hybridized carbons (Fsp3) is 0.671. The Morgan fingerprint density at radius 1 is 0.295 bits per heavy atom. The van der Waals surface area contributed by atoms with Crippen LogP contribution in [0.3, 0.4) is 0 Å². The summed E-state index contributed by atoms with van der Waals surface area (Å²) in [4.78, 5) is 0. The molecule has 6 rings (SSSR count). The van der Waals surface area contributed by atoms with E-state index in [1.54, 1.807) is 0 Å². The maximum atomic E-state index is 10.0. The van der Waals surface area contributed by atoms with Gasteiger partial charge in [0, 0.05) is 26.4 Å². The van der Waals surface area contributed by atoms with Gasteiger partial charge in [0.1, 0.15) is 0 Å². The molecular weight excluding hydrogens is 957 g/mol. The summed E-state index contributed by atoms with van der Waals surface area (Å²) in [5.74, 6) is 0.971. The zero-order valence-electron chi connectivity index (χ0n) is 49.9. The van der Waals surface area contributed by atoms with Gasteiger partial charge in [-0.25, -0.2) is 0 Å². The first-order valence-electron chi connectivity index (χ1n) is 32.7. The highest BCUT2D eigenvalue weighted by Gasteiger charge is 2.42. The Balaban J connectivity index is 0.000000287. The first-order chi connectivity index (χ1) is 38.5. The summed E-state index contributed by atoms with van der Waals surface area (Å²) in [7, 11) is 0. The topological polar surface area (TPSA) is 57.2 Å². The van der Waals surface area contributed by atoms with Crippen LogP contribution in [-0.2, 0) is 45.4 Å². The van der Waals surface area contributed by atoms with Gasteiger partial charge in [-0.05, 0) is 116 Å². The molecule has 0 spiro atoms. The first-order valence-corrected chi connectivity index (χ1v) is 32.7. The summed E-state index contributed by atoms with van der Waals surface area (Å²) >= 11 is 0. The number of unbranched alkanes of at least 4 members (excludes halogenated alkanes) is 24. The maximum Gasteiger partial charge on any atom is 0.0716 e. The molecular formula is C73H114O5. The molecule has 1 N–H and O–H groups in total. The predicted octanol–water partition coefficient (Wildman–Crippen LogP) is 20.9. The lowest BCUT2D eigenvalue weighted by atomic mass is 9.58. The minimum absolute atomic E-state index is 0.0294. The molecule has 0 unspecified atom stereocenters. The van der Waals surface area contributed by atoms with Gasteiger partial charge in [0.2, 0.25) is 0 Å². The van der Waals surface area contributed by atoms with Crippen LogP contribution in [0.25, 0.3) is 0 Å². The molecule has 0 atom stereocenters. The second kappa shape index (κ2) is 43.4. The van der Waals surface area contributed by atoms with Crippen molar-refractivity contribution in [2.45, 2.75) is 271 Å². The van der Waals surface area contributed by atoms with Crippen molar-refractivity contribution in [3.8, 4) is 0 Å². The largest absolute Gasteiger partial charge is 0.393 e. The molecule has 0 bridgehead atoms. The lowest BCUT2D eigenvalue weighted by molar-refractivity contribution is -0.0455. The molecule has 78 heavy (non-hydrogen) atoms. The van der Waals surface area contributed by atoms with Crippen molar-refractivity contribution < 1.29 is 24.1 Å². The minimum Gasteiger partial charge on any atom is -0.393 e. The number of hydrogen-bond donors (Lipinski definition) is 1. The monoisotopic (exact) mass is 1070 g/mol. The lowest BCUT2D eigenvalue weighted by Gasteiger charge is -2.47. The highest BCUT2D eigenvalue weighted by Crippen LogP contribution is 2.53. The van der Waals surface area contributed by atoms with Crippen LogP contribution in [-0.4, -0.2) is 37.6 Å². The van der Waals surface area contributed by atoms with Crippen LogP contribution < -0.4 is 0 Å². The fourth-order valence-corrected chi connectivity index (χ4v) is 12.8. The Morgan fingerprint density at radius 2 is 0.500 bits per heavy atom. The van der Waals surface area contributed by atoms with E-state index in [0.29, 0.717) is 10.8 Å². The van der Waals surface area contributed by atoms with E-state index < -0.39 is 0 Å². The molecule has 4 aromatic rings. The van der Waals surface area contributed by atoms with Gasteiger partial charge in [-0.2, -0.15) is 0 Å². The van der Waals surface area contributed by atoms with Crippen LogP contribution in [0.4, 0.5) is 0 Å². The maximum absolute atomic E-state index is 10.0. The van der Waals surface area contributed by atoms with E-state index in [1.807, 2.05) is 0 Å². The molecule has 4 aromatic carbocycles. The van der Waals surface area contributed by atoms with Crippen molar-refractivity contribution in [2.75, 3.05) is 26.4 Å². The van der Waals surface area contributed by atoms with Crippen LogP contribution in [0, 0.1) is 16.7 Å². The minimum atomic E-state index is -0.0294. The molecule has 2 aliphatic carbocycles. The third kappa shape index (κ3) is 31.6. The van der Waals surface area contributed by atoms with Gasteiger partial charge in [-0.3, -0.25) is 0 Å². The number of aliphatic hydroxyl groups excluding tert-OH is 1. The van der Waals surface area contributed by atoms with E-state index in [0.717, 1.165) is 71.6 Å². The molecule has 5 heteroatoms. The summed E-state index contributed by atoms with van der Waals surface area (Å²) in [5, 5.41) is 10.0. The van der Waals surface area contributed by atoms with E-state index >= 15 is 0 Å². The Morgan fingerprint density at radius 3 is 0.718 bits per heavy atom. The van der Waals surface area contributed by atoms with Crippen LogP contribution in [0.2, 0.25) is 0 Å². The molecule has 0 radical (unpaired) electrons. The average Bonchev–Trinajstić information content (AvgIpc) is 3.46. The Labute approximate surface area is 479 Å². The normalized spacial score (nSPS) is 14.9. The average molecular weight is 1070 g/mol. The van der Waals surface area contributed by atoms with Crippen molar-refractivity contribution in [1.82, 2.24) is 0 Å². The summed E-state index contributed by atoms with van der Waals surface area (Å²) in [6, 6.07) is 41.9. The number of aliphatic hydroxyl groups is 1. The summed E-state index contributed by atoms with van der Waals surface area (Å²) in [6.07, 6.45) is 48.4. The predicted molar refractivity (Wildman–Crippen MR) is 331 cm³/mol. The second-order valence-corrected chi connectivity index (χ2v) is 24.6. The molecule has 0 saturated heterocycles. The lowest BCUT2D eigenvalue weighted by Crippen LogP contribution is -2.40. The molecule has 2 aliphatic rings. The van der Waals surface area contributed by atoms with Gasteiger partial charge in [0.25, 0.3) is 0 Å². The zero-order valence-corrected chi connectivity index (χ0v) is 49.9. The fourth-order valence-electron chi connectivity index (χ4n) is 12.8. The van der Waals surface area contributed by atoms with E-state index in [9.17, 15) is 5.11 Å². The number of benzene rings is 4. The number of hydrogen-bond acceptors (Lipinski definition) is 5. The molecule has 5 nitrogen and oxygen atoms in total. The summed E-state index contributed by atoms with van der Waals surface area (Å²) in [5.41, 5.74) is 6.27. The van der Waals surface area contributed by atoms with Gasteiger partial charge in [0.15, 0.2) is 0 Å². The van der Waals surface area contributed by atoms with Gasteiger partial charge in [0.05, 0.1) is 32.5 Å². The Kier molecular flexibility index (Phi) is 36.5. The van der Waals surface area contributed by atoms with Crippen molar-refractivity contribution in [2.24, 2.45) is 16.7 Å². The smallest absolute Gasteiger partial charge is 0.0716 e. The Bertz CT molecular complexity index is 1640. The highest BCUT2D eigenvalue weighted by atomic mass is 16.5. The van der Waals surface area contributed by atoms with Gasteiger partial charge >= 0.3 is 0 Å². The van der Waals surface area contributed by atoms with Gasteiger partial charge < -0.3 is 24.1 Å². The SMILES string of the molecule is CC1CC(CCCCCCCCCOCc2ccccc2)(CCCCCCCCCOCc2ccccc2)C1.OC1CC(CCCCCCCCCOCc2ccccc2)(CCCCCCCCCOCc2ccccc2)C1. The molecule has 0 aromatic heterocycles. The molecule has 436 valence electrons. The number of rotatable bonds is 48. The third-order valence-corrected chi connectivity index (χ3v) is 17.3. The van der Waals surface area contributed by atoms with E-state index in [2.05, 4.69) is 128 Å². The van der Waals surface area contributed by atoms with Crippen molar-refractivity contribution in [3.05, 3.63) is 144 Å². The zero-order chi connectivity index (χ0) is 54.5. The van der Waals surface area contributed by atoms with E-state index in [1.165, 1.54) is 241 Å². The van der Waals surface area contributed by atoms with E-state index in [-0.39, 0.29) is 6.10 Å². The molecule has 0 heterocycles. The summed E-state index contributed by atoms with van der Waals surface area (Å²) < 4.78 is 23.2. The van der Waals surface area contributed by atoms with Gasteiger partial charge in [-0.1, -0.05) is 282 Å². The van der Waals surface area contributed by atoms with Gasteiger partial charge in [-0.15, -0.1) is 0 Å². The van der Waals surface area contributed by atoms with E-state index in [4.69, 9.17) is 18.9 Å². The van der Waals surface area contributed by atoms with Crippen molar-refractivity contribution in [3.63, 3.8) is 0 Å². The third-order valence-electron chi connectivity index (χ3n) is 17.3. The Hall–Kier alpha value is -3.32. The van der Waals surface area contributed by atoms with Crippen LogP contribution in [0.15, 0.2) is 121 Å². The summed E-state index contributed by atoms with van der Waals surface area (Å²) in [6.45, 7) is 9.02. The molecule has 0 amide bonds. The number of ether oxygens (including phenoxy) is 4. The quantitative estimate of drug-likeness (QED) is 0.0447. The molecule has 0 aliphatic heterocycles. The van der Waals surface area contributed by atoms with Crippen molar-refractivity contribution >= 4 is 0 Å². The highest BCUT2D eigenvalue weighted by molar-refractivity contribution is 5.15. The molecule has 2 fully saturated rings. The van der Waals surface area contributed by atoms with Crippen LogP contribution in [0.5, 0.6) is 0 Å². The molecule has 2 saturated carbocycles. The first kappa shape index (κ1) is 65.5. The van der Waals surface area contributed by atoms with Crippen molar-refractivity contribution in [1.29, 1.82) is 0 Å². The second-order valence-electron chi connectivity index (χ2n) is 24.6.